The van der Waals surface area contributed by atoms with E-state index < -0.39 is 0 Å². The molecule has 0 aliphatic carbocycles. The van der Waals surface area contributed by atoms with Crippen molar-refractivity contribution in [1.29, 1.82) is 0 Å². The van der Waals surface area contributed by atoms with Crippen LogP contribution in [-0.4, -0.2) is 33.5 Å². The molecule has 1 N–H and O–H groups in total. The van der Waals surface area contributed by atoms with Gasteiger partial charge in [0.1, 0.15) is 5.75 Å². The molecule has 0 spiro atoms. The largest absolute Gasteiger partial charge is 0.497 e. The van der Waals surface area contributed by atoms with E-state index >= 15 is 0 Å². The van der Waals surface area contributed by atoms with Gasteiger partial charge in [0.25, 0.3) is 0 Å². The van der Waals surface area contributed by atoms with Crippen molar-refractivity contribution in [3.05, 3.63) is 76.7 Å². The van der Waals surface area contributed by atoms with Crippen LogP contribution >= 0.6 is 11.6 Å². The first-order valence-electron chi connectivity index (χ1n) is 9.67. The minimum absolute atomic E-state index is 0.720. The second kappa shape index (κ2) is 7.50. The fourth-order valence-corrected chi connectivity index (χ4v) is 4.03. The van der Waals surface area contributed by atoms with Crippen molar-refractivity contribution in [1.82, 2.24) is 19.9 Å². The number of ether oxygens (including phenoxy) is 1. The lowest BCUT2D eigenvalue weighted by molar-refractivity contribution is 0.244. The minimum atomic E-state index is 0.720. The maximum absolute atomic E-state index is 5.99. The number of aromatic amines is 1. The lowest BCUT2D eigenvalue weighted by Gasteiger charge is -2.28. The molecule has 0 saturated carbocycles. The van der Waals surface area contributed by atoms with Gasteiger partial charge in [0.2, 0.25) is 0 Å². The van der Waals surface area contributed by atoms with E-state index in [-0.39, 0.29) is 0 Å². The van der Waals surface area contributed by atoms with Gasteiger partial charge in [-0.2, -0.15) is 0 Å². The average molecular weight is 405 g/mol. The van der Waals surface area contributed by atoms with Crippen LogP contribution in [0.25, 0.3) is 22.3 Å². The highest BCUT2D eigenvalue weighted by molar-refractivity contribution is 6.30. The summed E-state index contributed by atoms with van der Waals surface area (Å²) in [6.07, 6.45) is 4.99. The average Bonchev–Trinajstić information content (AvgIpc) is 3.15. The Balaban J connectivity index is 1.35. The van der Waals surface area contributed by atoms with E-state index in [4.69, 9.17) is 21.3 Å². The van der Waals surface area contributed by atoms with Crippen LogP contribution in [0.4, 0.5) is 0 Å². The number of nitrogens with one attached hydrogen (secondary N) is 1. The Kier molecular flexibility index (Phi) is 4.70. The van der Waals surface area contributed by atoms with Crippen LogP contribution in [-0.2, 0) is 19.5 Å². The number of rotatable bonds is 4. The molecule has 5 rings (SSSR count). The molecule has 4 aromatic rings. The minimum Gasteiger partial charge on any atom is -0.497 e. The lowest BCUT2D eigenvalue weighted by Crippen LogP contribution is -2.30. The molecule has 0 atom stereocenters. The normalized spacial score (nSPS) is 14.1. The van der Waals surface area contributed by atoms with Gasteiger partial charge < -0.3 is 9.72 Å². The van der Waals surface area contributed by atoms with Gasteiger partial charge in [0, 0.05) is 65.5 Å². The second-order valence-electron chi connectivity index (χ2n) is 7.36. The maximum Gasteiger partial charge on any atom is 0.159 e. The van der Waals surface area contributed by atoms with Crippen molar-refractivity contribution in [2.24, 2.45) is 0 Å². The predicted octanol–water partition coefficient (Wildman–Crippen LogP) is 4.85. The Morgan fingerprint density at radius 1 is 1.17 bits per heavy atom. The van der Waals surface area contributed by atoms with Crippen LogP contribution in [0.1, 0.15) is 16.8 Å². The second-order valence-corrected chi connectivity index (χ2v) is 7.79. The fraction of sp³-hybridized carbons (Fsp3) is 0.217. The molecule has 0 bridgehead atoms. The number of fused-ring (bicyclic) bond motifs is 2. The molecular weight excluding hydrogens is 384 g/mol. The summed E-state index contributed by atoms with van der Waals surface area (Å²) in [5.41, 5.74) is 5.75. The molecule has 0 saturated heterocycles. The van der Waals surface area contributed by atoms with Gasteiger partial charge in [0.05, 0.1) is 12.8 Å². The van der Waals surface area contributed by atoms with E-state index in [2.05, 4.69) is 33.2 Å². The smallest absolute Gasteiger partial charge is 0.159 e. The molecule has 3 heterocycles. The number of hydrogen-bond donors (Lipinski definition) is 1. The number of nitrogens with zero attached hydrogens (tertiary/aromatic N) is 3. The number of aromatic nitrogens is 3. The number of methoxy groups -OCH3 is 1. The van der Waals surface area contributed by atoms with Gasteiger partial charge in [0.15, 0.2) is 5.82 Å². The summed E-state index contributed by atoms with van der Waals surface area (Å²) in [6, 6.07) is 13.8. The van der Waals surface area contributed by atoms with Crippen molar-refractivity contribution in [3.63, 3.8) is 0 Å². The number of benzene rings is 2. The molecule has 1 aliphatic heterocycles. The molecule has 6 heteroatoms. The zero-order valence-corrected chi connectivity index (χ0v) is 16.9. The molecule has 0 radical (unpaired) electrons. The molecule has 0 unspecified atom stereocenters. The molecule has 2 aromatic heterocycles. The first-order chi connectivity index (χ1) is 14.2. The maximum atomic E-state index is 5.99. The molecule has 2 aromatic carbocycles. The summed E-state index contributed by atoms with van der Waals surface area (Å²) in [7, 11) is 1.70. The van der Waals surface area contributed by atoms with Gasteiger partial charge in [-0.15, -0.1) is 0 Å². The van der Waals surface area contributed by atoms with Gasteiger partial charge in [-0.1, -0.05) is 11.6 Å². The number of hydrogen-bond acceptors (Lipinski definition) is 4. The first kappa shape index (κ1) is 18.2. The Hall–Kier alpha value is -2.89. The van der Waals surface area contributed by atoms with Gasteiger partial charge in [-0.3, -0.25) is 4.90 Å². The van der Waals surface area contributed by atoms with E-state index in [0.29, 0.717) is 0 Å². The molecule has 29 heavy (non-hydrogen) atoms. The summed E-state index contributed by atoms with van der Waals surface area (Å²) in [5, 5.41) is 1.93. The highest BCUT2D eigenvalue weighted by atomic mass is 35.5. The van der Waals surface area contributed by atoms with E-state index in [1.165, 1.54) is 16.5 Å². The molecule has 0 fully saturated rings. The summed E-state index contributed by atoms with van der Waals surface area (Å²) < 4.78 is 5.39. The van der Waals surface area contributed by atoms with Gasteiger partial charge in [-0.05, 0) is 48.0 Å². The van der Waals surface area contributed by atoms with Crippen LogP contribution in [0.2, 0.25) is 5.02 Å². The van der Waals surface area contributed by atoms with Gasteiger partial charge in [-0.25, -0.2) is 9.97 Å². The summed E-state index contributed by atoms with van der Waals surface area (Å²) in [6.45, 7) is 2.71. The van der Waals surface area contributed by atoms with Crippen LogP contribution in [0.15, 0.2) is 54.9 Å². The summed E-state index contributed by atoms with van der Waals surface area (Å²) in [4.78, 5) is 15.2. The number of H-pyrrole nitrogens is 1. The van der Waals surface area contributed by atoms with Crippen LogP contribution < -0.4 is 4.74 Å². The Morgan fingerprint density at radius 3 is 2.86 bits per heavy atom. The van der Waals surface area contributed by atoms with Crippen molar-refractivity contribution in [2.45, 2.75) is 19.5 Å². The third-order valence-corrected chi connectivity index (χ3v) is 5.74. The third kappa shape index (κ3) is 3.59. The first-order valence-corrected chi connectivity index (χ1v) is 10.0. The Morgan fingerprint density at radius 2 is 2.03 bits per heavy atom. The SMILES string of the molecule is COc1ccc2[nH]cc(CN3CCc4nc(-c5ccc(Cl)cc5)ncc4C3)c2c1. The van der Waals surface area contributed by atoms with Crippen LogP contribution in [0.3, 0.4) is 0 Å². The number of halogens is 1. The van der Waals surface area contributed by atoms with Crippen molar-refractivity contribution in [2.75, 3.05) is 13.7 Å². The van der Waals surface area contributed by atoms with Crippen LogP contribution in [0.5, 0.6) is 5.75 Å². The van der Waals surface area contributed by atoms with E-state index in [9.17, 15) is 0 Å². The van der Waals surface area contributed by atoms with Crippen LogP contribution in [0, 0.1) is 0 Å². The summed E-state index contributed by atoms with van der Waals surface area (Å²) in [5.74, 6) is 1.64. The quantitative estimate of drug-likeness (QED) is 0.528. The topological polar surface area (TPSA) is 54.0 Å². The Bertz CT molecular complexity index is 1170. The van der Waals surface area contributed by atoms with E-state index in [0.717, 1.165) is 59.4 Å². The molecule has 0 amide bonds. The van der Waals surface area contributed by atoms with E-state index in [1.54, 1.807) is 7.11 Å². The van der Waals surface area contributed by atoms with Crippen molar-refractivity contribution in [3.8, 4) is 17.1 Å². The summed E-state index contributed by atoms with van der Waals surface area (Å²) >= 11 is 5.99. The predicted molar refractivity (Wildman–Crippen MR) is 115 cm³/mol. The zero-order valence-electron chi connectivity index (χ0n) is 16.2. The van der Waals surface area contributed by atoms with E-state index in [1.807, 2.05) is 36.5 Å². The van der Waals surface area contributed by atoms with Gasteiger partial charge >= 0.3 is 0 Å². The molecular formula is C23H21ClN4O. The fourth-order valence-electron chi connectivity index (χ4n) is 3.90. The van der Waals surface area contributed by atoms with Crippen molar-refractivity contribution < 1.29 is 4.74 Å². The highest BCUT2D eigenvalue weighted by Crippen LogP contribution is 2.27. The Labute approximate surface area is 174 Å². The highest BCUT2D eigenvalue weighted by Gasteiger charge is 2.20. The monoisotopic (exact) mass is 404 g/mol. The standard InChI is InChI=1S/C23H21ClN4O/c1-29-19-6-7-22-20(10-19)16(11-25-22)13-28-9-8-21-17(14-28)12-26-23(27-21)15-2-4-18(24)5-3-15/h2-7,10-12,25H,8-9,13-14H2,1H3. The molecule has 146 valence electrons. The zero-order chi connectivity index (χ0) is 19.8. The third-order valence-electron chi connectivity index (χ3n) is 5.48. The molecule has 5 nitrogen and oxygen atoms in total. The molecule has 1 aliphatic rings. The van der Waals surface area contributed by atoms with Crippen molar-refractivity contribution >= 4 is 22.5 Å². The lowest BCUT2D eigenvalue weighted by atomic mass is 10.1.